The Hall–Kier alpha value is -3.16. The van der Waals surface area contributed by atoms with Crippen LogP contribution in [0.15, 0.2) is 88.7 Å². The number of ether oxygens (including phenoxy) is 1. The first-order valence-corrected chi connectivity index (χ1v) is 11.8. The fourth-order valence-electron chi connectivity index (χ4n) is 3.32. The van der Waals surface area contributed by atoms with Gasteiger partial charge < -0.3 is 9.84 Å². The van der Waals surface area contributed by atoms with Crippen molar-refractivity contribution in [3.63, 3.8) is 0 Å². The van der Waals surface area contributed by atoms with Crippen LogP contribution in [0.5, 0.6) is 5.75 Å². The van der Waals surface area contributed by atoms with Crippen molar-refractivity contribution in [1.82, 2.24) is 4.90 Å². The molecule has 0 heterocycles. The van der Waals surface area contributed by atoms with Gasteiger partial charge in [-0.05, 0) is 55.9 Å². The molecule has 1 N–H and O–H groups in total. The molecule has 1 unspecified atom stereocenters. The molecule has 0 spiro atoms. The summed E-state index contributed by atoms with van der Waals surface area (Å²) in [6.07, 6.45) is 0.281. The van der Waals surface area contributed by atoms with E-state index in [2.05, 4.69) is 0 Å². The molecule has 0 saturated heterocycles. The molecule has 0 aliphatic heterocycles. The van der Waals surface area contributed by atoms with Gasteiger partial charge >= 0.3 is 5.97 Å². The molecule has 6 nitrogen and oxygen atoms in total. The van der Waals surface area contributed by atoms with Crippen molar-refractivity contribution < 1.29 is 23.1 Å². The number of hydrogen-bond acceptors (Lipinski definition) is 5. The number of carboxylic acid groups (broad SMARTS) is 1. The highest BCUT2D eigenvalue weighted by molar-refractivity contribution is 7.91. The summed E-state index contributed by atoms with van der Waals surface area (Å²) in [4.78, 5) is 13.1. The van der Waals surface area contributed by atoms with Gasteiger partial charge in [0.15, 0.2) is 0 Å². The van der Waals surface area contributed by atoms with Crippen LogP contribution in [0.3, 0.4) is 0 Å². The Morgan fingerprint density at radius 1 is 0.938 bits per heavy atom. The molecule has 0 amide bonds. The topological polar surface area (TPSA) is 83.9 Å². The monoisotopic (exact) mass is 453 g/mol. The summed E-state index contributed by atoms with van der Waals surface area (Å²) in [6, 6.07) is 22.8. The number of benzene rings is 3. The number of carboxylic acids is 1. The van der Waals surface area contributed by atoms with Crippen molar-refractivity contribution in [3.05, 3.63) is 90.0 Å². The first-order chi connectivity index (χ1) is 15.3. The van der Waals surface area contributed by atoms with Gasteiger partial charge in [0.1, 0.15) is 11.9 Å². The van der Waals surface area contributed by atoms with E-state index < -0.39 is 15.8 Å². The third-order valence-corrected chi connectivity index (χ3v) is 6.88. The number of aliphatic carboxylic acids is 1. The van der Waals surface area contributed by atoms with Crippen LogP contribution in [0.4, 0.5) is 0 Å². The van der Waals surface area contributed by atoms with E-state index in [9.17, 15) is 13.2 Å². The minimum atomic E-state index is -3.60. The van der Waals surface area contributed by atoms with Gasteiger partial charge in [0, 0.05) is 13.0 Å². The average molecular weight is 454 g/mol. The van der Waals surface area contributed by atoms with Gasteiger partial charge in [0.25, 0.3) is 0 Å². The maximum atomic E-state index is 12.9. The second kappa shape index (κ2) is 10.4. The van der Waals surface area contributed by atoms with E-state index in [4.69, 9.17) is 9.84 Å². The Morgan fingerprint density at radius 3 is 2.06 bits per heavy atom. The lowest BCUT2D eigenvalue weighted by Crippen LogP contribution is -2.28. The molecule has 7 heteroatoms. The molecular weight excluding hydrogens is 426 g/mol. The van der Waals surface area contributed by atoms with E-state index in [0.29, 0.717) is 18.7 Å². The van der Waals surface area contributed by atoms with Crippen LogP contribution in [0, 0.1) is 6.92 Å². The third-order valence-electron chi connectivity index (χ3n) is 5.09. The Bertz CT molecular complexity index is 1130. The van der Waals surface area contributed by atoms with Crippen LogP contribution >= 0.6 is 0 Å². The first-order valence-electron chi connectivity index (χ1n) is 10.3. The number of likely N-dealkylation sites (N-methyl/N-ethyl adjacent to an activating group) is 1. The second-order valence-electron chi connectivity index (χ2n) is 7.73. The fourth-order valence-corrected chi connectivity index (χ4v) is 4.59. The zero-order valence-corrected chi connectivity index (χ0v) is 19.0. The normalized spacial score (nSPS) is 12.5. The van der Waals surface area contributed by atoms with Gasteiger partial charge in [-0.1, -0.05) is 48.0 Å². The Morgan fingerprint density at radius 2 is 1.50 bits per heavy atom. The van der Waals surface area contributed by atoms with Crippen LogP contribution < -0.4 is 4.74 Å². The van der Waals surface area contributed by atoms with E-state index in [-0.39, 0.29) is 22.4 Å². The summed E-state index contributed by atoms with van der Waals surface area (Å²) in [7, 11) is -1.85. The Balaban J connectivity index is 1.76. The number of rotatable bonds is 10. The second-order valence-corrected chi connectivity index (χ2v) is 9.67. The number of aryl methyl sites for hydroxylation is 1. The molecule has 3 rings (SSSR count). The lowest BCUT2D eigenvalue weighted by atomic mass is 10.1. The van der Waals surface area contributed by atoms with Gasteiger partial charge in [0.05, 0.1) is 16.3 Å². The van der Waals surface area contributed by atoms with Crippen LogP contribution in [-0.4, -0.2) is 44.5 Å². The summed E-state index contributed by atoms with van der Waals surface area (Å²) in [5, 5.41) is 8.97. The predicted octanol–water partition coefficient (Wildman–Crippen LogP) is 4.35. The standard InChI is InChI=1S/C25H27NO5S/c1-19-8-12-22(13-9-19)32(29,30)23-14-10-21(11-15-23)31-24(20-6-4-3-5-7-20)16-17-26(2)18-25(27)28/h3-15,24H,16-18H2,1-2H3,(H,27,28). The summed E-state index contributed by atoms with van der Waals surface area (Å²) in [5.41, 5.74) is 1.96. The number of hydrogen-bond donors (Lipinski definition) is 1. The first kappa shape index (κ1) is 23.5. The SMILES string of the molecule is Cc1ccc(S(=O)(=O)c2ccc(OC(CCN(C)CC(=O)O)c3ccccc3)cc2)cc1. The molecule has 0 saturated carbocycles. The van der Waals surface area contributed by atoms with Gasteiger partial charge in [-0.2, -0.15) is 0 Å². The van der Waals surface area contributed by atoms with Crippen LogP contribution in [0.2, 0.25) is 0 Å². The number of sulfone groups is 1. The maximum Gasteiger partial charge on any atom is 0.317 e. The average Bonchev–Trinajstić information content (AvgIpc) is 2.77. The van der Waals surface area contributed by atoms with Crippen LogP contribution in [0.1, 0.15) is 23.7 Å². The molecule has 0 bridgehead atoms. The largest absolute Gasteiger partial charge is 0.486 e. The summed E-state index contributed by atoms with van der Waals surface area (Å²) < 4.78 is 31.9. The Labute approximate surface area is 189 Å². The zero-order valence-electron chi connectivity index (χ0n) is 18.1. The molecular formula is C25H27NO5S. The number of nitrogens with zero attached hydrogens (tertiary/aromatic N) is 1. The molecule has 32 heavy (non-hydrogen) atoms. The highest BCUT2D eigenvalue weighted by atomic mass is 32.2. The van der Waals surface area contributed by atoms with E-state index in [0.717, 1.165) is 11.1 Å². The van der Waals surface area contributed by atoms with Crippen molar-refractivity contribution in [1.29, 1.82) is 0 Å². The molecule has 0 aliphatic carbocycles. The highest BCUT2D eigenvalue weighted by Gasteiger charge is 2.19. The zero-order chi connectivity index (χ0) is 23.1. The summed E-state index contributed by atoms with van der Waals surface area (Å²) >= 11 is 0. The van der Waals surface area contributed by atoms with Gasteiger partial charge in [-0.25, -0.2) is 8.42 Å². The molecule has 3 aromatic rings. The maximum absolute atomic E-state index is 12.9. The molecule has 168 valence electrons. The van der Waals surface area contributed by atoms with E-state index in [1.54, 1.807) is 60.5 Å². The van der Waals surface area contributed by atoms with Crippen molar-refractivity contribution >= 4 is 15.8 Å². The molecule has 3 aromatic carbocycles. The Kier molecular flexibility index (Phi) is 7.66. The van der Waals surface area contributed by atoms with Crippen molar-refractivity contribution in [2.75, 3.05) is 20.1 Å². The lowest BCUT2D eigenvalue weighted by Gasteiger charge is -2.22. The van der Waals surface area contributed by atoms with Gasteiger partial charge in [-0.15, -0.1) is 0 Å². The molecule has 1 atom stereocenters. The quantitative estimate of drug-likeness (QED) is 0.491. The van der Waals surface area contributed by atoms with Crippen LogP contribution in [-0.2, 0) is 14.6 Å². The molecule has 0 aliphatic rings. The third kappa shape index (κ3) is 6.18. The minimum absolute atomic E-state index is 0.0485. The van der Waals surface area contributed by atoms with Gasteiger partial charge in [0.2, 0.25) is 9.84 Å². The minimum Gasteiger partial charge on any atom is -0.486 e. The summed E-state index contributed by atoms with van der Waals surface area (Å²) in [5.74, 6) is -0.336. The smallest absolute Gasteiger partial charge is 0.317 e. The van der Waals surface area contributed by atoms with Crippen LogP contribution in [0.25, 0.3) is 0 Å². The van der Waals surface area contributed by atoms with E-state index in [1.807, 2.05) is 37.3 Å². The predicted molar refractivity (Wildman–Crippen MR) is 123 cm³/mol. The highest BCUT2D eigenvalue weighted by Crippen LogP contribution is 2.28. The molecule has 0 fully saturated rings. The van der Waals surface area contributed by atoms with Crippen molar-refractivity contribution in [3.8, 4) is 5.75 Å². The summed E-state index contributed by atoms with van der Waals surface area (Å²) in [6.45, 7) is 2.39. The van der Waals surface area contributed by atoms with Gasteiger partial charge in [-0.3, -0.25) is 9.69 Å². The molecule has 0 aromatic heterocycles. The number of carbonyl (C=O) groups is 1. The van der Waals surface area contributed by atoms with Crippen molar-refractivity contribution in [2.45, 2.75) is 29.2 Å². The fraction of sp³-hybridized carbons (Fsp3) is 0.240. The van der Waals surface area contributed by atoms with Crippen molar-refractivity contribution in [2.24, 2.45) is 0 Å². The van der Waals surface area contributed by atoms with E-state index >= 15 is 0 Å². The molecule has 0 radical (unpaired) electrons. The van der Waals surface area contributed by atoms with E-state index in [1.165, 1.54) is 0 Å². The lowest BCUT2D eigenvalue weighted by molar-refractivity contribution is -0.138.